The van der Waals surface area contributed by atoms with Gasteiger partial charge in [-0.25, -0.2) is 4.79 Å². The lowest BCUT2D eigenvalue weighted by Gasteiger charge is -2.38. The topological polar surface area (TPSA) is 95.6 Å². The Labute approximate surface area is 232 Å². The van der Waals surface area contributed by atoms with E-state index in [0.29, 0.717) is 36.0 Å². The Kier molecular flexibility index (Phi) is 9.90. The first-order valence-corrected chi connectivity index (χ1v) is 16.1. The van der Waals surface area contributed by atoms with Crippen molar-refractivity contribution in [2.75, 3.05) is 39.8 Å². The van der Waals surface area contributed by atoms with Crippen molar-refractivity contribution in [2.45, 2.75) is 64.4 Å². The molecule has 1 atom stereocenters. The quantitative estimate of drug-likeness (QED) is 0.353. The lowest BCUT2D eigenvalue weighted by molar-refractivity contribution is 0.0684. The highest BCUT2D eigenvalue weighted by molar-refractivity contribution is 6.74. The molecule has 9 nitrogen and oxygen atoms in total. The van der Waals surface area contributed by atoms with Crippen LogP contribution in [0.4, 0.5) is 10.5 Å². The van der Waals surface area contributed by atoms with Crippen LogP contribution in [0.25, 0.3) is 0 Å². The highest BCUT2D eigenvalue weighted by atomic mass is 28.4. The maximum Gasteiger partial charge on any atom is 0.411 e. The number of carbonyl (C=O) groups excluding carboxylic acids is 2. The zero-order valence-electron chi connectivity index (χ0n) is 24.4. The number of likely N-dealkylation sites (tertiary alicyclic amines) is 1. The fourth-order valence-corrected chi connectivity index (χ4v) is 5.17. The maximum absolute atomic E-state index is 13.9. The first-order valence-electron chi connectivity index (χ1n) is 13.2. The van der Waals surface area contributed by atoms with Crippen LogP contribution in [0.2, 0.25) is 18.1 Å². The Morgan fingerprint density at radius 3 is 2.23 bits per heavy atom. The second-order valence-electron chi connectivity index (χ2n) is 11.2. The molecule has 0 unspecified atom stereocenters. The third-order valence-corrected chi connectivity index (χ3v) is 12.1. The van der Waals surface area contributed by atoms with Crippen LogP contribution in [-0.2, 0) is 15.8 Å². The molecule has 0 radical (unpaired) electrons. The molecule has 0 saturated carbocycles. The second kappa shape index (κ2) is 12.7. The van der Waals surface area contributed by atoms with E-state index in [0.717, 1.165) is 18.4 Å². The summed E-state index contributed by atoms with van der Waals surface area (Å²) in [6, 6.07) is 10.4. The van der Waals surface area contributed by atoms with Crippen LogP contribution in [0.15, 0.2) is 36.4 Å². The summed E-state index contributed by atoms with van der Waals surface area (Å²) in [4.78, 5) is 28.5. The van der Waals surface area contributed by atoms with E-state index >= 15 is 0 Å². The van der Waals surface area contributed by atoms with Crippen molar-refractivity contribution in [3.63, 3.8) is 0 Å². The van der Waals surface area contributed by atoms with Gasteiger partial charge in [-0.15, -0.1) is 0 Å². The second-order valence-corrected chi connectivity index (χ2v) is 16.0. The van der Waals surface area contributed by atoms with Gasteiger partial charge in [0.25, 0.3) is 5.91 Å². The summed E-state index contributed by atoms with van der Waals surface area (Å²) in [6.07, 6.45) is 1.06. The predicted molar refractivity (Wildman–Crippen MR) is 154 cm³/mol. The number of hydrogen-bond donors (Lipinski definition) is 1. The van der Waals surface area contributed by atoms with Gasteiger partial charge in [0.1, 0.15) is 12.4 Å². The van der Waals surface area contributed by atoms with Crippen LogP contribution in [-0.4, -0.2) is 65.7 Å². The first-order chi connectivity index (χ1) is 18.4. The van der Waals surface area contributed by atoms with Crippen LogP contribution in [0.1, 0.15) is 49.5 Å². The molecule has 1 aliphatic heterocycles. The number of nitrogens with one attached hydrogen (secondary N) is 1. The average Bonchev–Trinajstić information content (AvgIpc) is 3.38. The van der Waals surface area contributed by atoms with Crippen molar-refractivity contribution in [1.29, 1.82) is 0 Å². The largest absolute Gasteiger partial charge is 0.497 e. The summed E-state index contributed by atoms with van der Waals surface area (Å²) in [5, 5.41) is 2.81. The molecule has 39 heavy (non-hydrogen) atoms. The summed E-state index contributed by atoms with van der Waals surface area (Å²) >= 11 is 0. The molecule has 0 aromatic heterocycles. The molecule has 1 aliphatic rings. The lowest BCUT2D eigenvalue weighted by Crippen LogP contribution is -2.46. The number of carbonyl (C=O) groups is 2. The molecule has 1 saturated heterocycles. The summed E-state index contributed by atoms with van der Waals surface area (Å²) in [7, 11) is 2.62. The standard InChI is InChI=1S/C29H42N2O7Si/c1-29(2,3)39(7,8)38-19-21-10-9-15-31(21)27(32)23-16-25(35-5)26(36-6)17-24(23)30-28(33)37-18-20-11-13-22(34-4)14-12-20/h11-14,16-17,21H,9-10,15,18-19H2,1-8H3,(H,30,33)/t21-/m0/s1. The first kappa shape index (κ1) is 30.3. The molecule has 0 spiro atoms. The summed E-state index contributed by atoms with van der Waals surface area (Å²) < 4.78 is 27.9. The molecule has 2 aromatic rings. The molecule has 1 heterocycles. The number of amides is 2. The van der Waals surface area contributed by atoms with Gasteiger partial charge in [0.05, 0.1) is 45.2 Å². The molecule has 0 aliphatic carbocycles. The van der Waals surface area contributed by atoms with E-state index in [4.69, 9.17) is 23.4 Å². The molecule has 0 bridgehead atoms. The van der Waals surface area contributed by atoms with Crippen molar-refractivity contribution >= 4 is 26.0 Å². The van der Waals surface area contributed by atoms with Crippen LogP contribution in [0.3, 0.4) is 0 Å². The Morgan fingerprint density at radius 2 is 1.64 bits per heavy atom. The summed E-state index contributed by atoms with van der Waals surface area (Å²) in [6.45, 7) is 12.2. The normalized spacial score (nSPS) is 15.6. The van der Waals surface area contributed by atoms with E-state index < -0.39 is 14.4 Å². The highest BCUT2D eigenvalue weighted by Gasteiger charge is 2.39. The van der Waals surface area contributed by atoms with Crippen molar-refractivity contribution in [3.05, 3.63) is 47.5 Å². The average molecular weight is 559 g/mol. The van der Waals surface area contributed by atoms with Gasteiger partial charge in [0.2, 0.25) is 0 Å². The number of methoxy groups -OCH3 is 3. The Morgan fingerprint density at radius 1 is 1.00 bits per heavy atom. The molecule has 2 aromatic carbocycles. The van der Waals surface area contributed by atoms with E-state index in [2.05, 4.69) is 39.2 Å². The molecule has 2 amide bonds. The Bertz CT molecular complexity index is 1150. The molecule has 1 N–H and O–H groups in total. The van der Waals surface area contributed by atoms with Gasteiger partial charge in [0.15, 0.2) is 19.8 Å². The van der Waals surface area contributed by atoms with E-state index in [1.165, 1.54) is 14.2 Å². The van der Waals surface area contributed by atoms with Crippen LogP contribution >= 0.6 is 0 Å². The molecule has 10 heteroatoms. The van der Waals surface area contributed by atoms with Crippen LogP contribution in [0, 0.1) is 0 Å². The van der Waals surface area contributed by atoms with Gasteiger partial charge in [-0.3, -0.25) is 10.1 Å². The molecule has 214 valence electrons. The highest BCUT2D eigenvalue weighted by Crippen LogP contribution is 2.38. The number of ether oxygens (including phenoxy) is 4. The van der Waals surface area contributed by atoms with Gasteiger partial charge in [-0.05, 0) is 54.7 Å². The summed E-state index contributed by atoms with van der Waals surface area (Å²) in [5.74, 6) is 1.29. The molecule has 3 rings (SSSR count). The minimum Gasteiger partial charge on any atom is -0.497 e. The van der Waals surface area contributed by atoms with Crippen molar-refractivity contribution in [2.24, 2.45) is 0 Å². The number of rotatable bonds is 10. The monoisotopic (exact) mass is 558 g/mol. The molecular formula is C29H42N2O7Si. The van der Waals surface area contributed by atoms with Crippen molar-refractivity contribution in [1.82, 2.24) is 4.90 Å². The van der Waals surface area contributed by atoms with Crippen molar-refractivity contribution in [3.8, 4) is 17.2 Å². The summed E-state index contributed by atoms with van der Waals surface area (Å²) in [5.41, 5.74) is 1.39. The third-order valence-electron chi connectivity index (χ3n) is 7.60. The van der Waals surface area contributed by atoms with E-state index in [9.17, 15) is 9.59 Å². The number of anilines is 1. The minimum absolute atomic E-state index is 0.0467. The molecule has 1 fully saturated rings. The zero-order chi connectivity index (χ0) is 28.8. The van der Waals surface area contributed by atoms with E-state index in [-0.39, 0.29) is 29.3 Å². The number of nitrogens with zero attached hydrogens (tertiary/aromatic N) is 1. The van der Waals surface area contributed by atoms with Crippen LogP contribution in [0.5, 0.6) is 17.2 Å². The van der Waals surface area contributed by atoms with E-state index in [1.807, 2.05) is 17.0 Å². The fourth-order valence-electron chi connectivity index (χ4n) is 4.13. The van der Waals surface area contributed by atoms with Crippen LogP contribution < -0.4 is 19.5 Å². The van der Waals surface area contributed by atoms with E-state index in [1.54, 1.807) is 31.4 Å². The smallest absolute Gasteiger partial charge is 0.411 e. The number of hydrogen-bond acceptors (Lipinski definition) is 7. The van der Waals surface area contributed by atoms with Gasteiger partial charge < -0.3 is 28.3 Å². The fraction of sp³-hybridized carbons (Fsp3) is 0.517. The van der Waals surface area contributed by atoms with Gasteiger partial charge in [-0.2, -0.15) is 0 Å². The van der Waals surface area contributed by atoms with Gasteiger partial charge in [-0.1, -0.05) is 32.9 Å². The third kappa shape index (κ3) is 7.45. The van der Waals surface area contributed by atoms with Gasteiger partial charge in [0, 0.05) is 12.6 Å². The molecular weight excluding hydrogens is 516 g/mol. The van der Waals surface area contributed by atoms with Crippen molar-refractivity contribution < 1.29 is 33.0 Å². The SMILES string of the molecule is COc1ccc(COC(=O)Nc2cc(OC)c(OC)cc2C(=O)N2CCC[C@H]2CO[Si](C)(C)C(C)(C)C)cc1. The van der Waals surface area contributed by atoms with Gasteiger partial charge >= 0.3 is 6.09 Å². The number of benzene rings is 2. The lowest BCUT2D eigenvalue weighted by atomic mass is 10.1. The Hall–Kier alpha value is -3.24. The maximum atomic E-state index is 13.9. The zero-order valence-corrected chi connectivity index (χ0v) is 25.4. The predicted octanol–water partition coefficient (Wildman–Crippen LogP) is 6.09. The minimum atomic E-state index is -1.97. The Balaban J connectivity index is 1.79.